The van der Waals surface area contributed by atoms with Crippen LogP contribution in [0, 0.1) is 6.92 Å². The molecule has 0 aliphatic rings. The van der Waals surface area contributed by atoms with Crippen LogP contribution < -0.4 is 0 Å². The van der Waals surface area contributed by atoms with E-state index in [0.717, 1.165) is 33.9 Å². The molecule has 1 heterocycles. The summed E-state index contributed by atoms with van der Waals surface area (Å²) in [4.78, 5) is 20.4. The van der Waals surface area contributed by atoms with Crippen LogP contribution in [0.15, 0.2) is 29.3 Å². The van der Waals surface area contributed by atoms with E-state index in [0.29, 0.717) is 13.0 Å². The lowest BCUT2D eigenvalue weighted by atomic mass is 10.3. The summed E-state index contributed by atoms with van der Waals surface area (Å²) in [7, 11) is 0. The van der Waals surface area contributed by atoms with Gasteiger partial charge in [0.25, 0.3) is 0 Å². The van der Waals surface area contributed by atoms with Crippen LogP contribution in [-0.2, 0) is 9.53 Å². The molecule has 0 amide bonds. The summed E-state index contributed by atoms with van der Waals surface area (Å²) in [6.07, 6.45) is 1.25. The minimum atomic E-state index is -0.130. The van der Waals surface area contributed by atoms with Crippen molar-refractivity contribution in [1.82, 2.24) is 9.97 Å². The average Bonchev–Trinajstić information content (AvgIpc) is 2.44. The number of aromatic nitrogens is 2. The molecule has 0 fully saturated rings. The number of para-hydroxylation sites is 2. The molecule has 0 N–H and O–H groups in total. The molecular weight excluding hydrogens is 272 g/mol. The Balaban J connectivity index is 1.93. The van der Waals surface area contributed by atoms with E-state index in [1.807, 2.05) is 38.1 Å². The number of hydrogen-bond donors (Lipinski definition) is 0. The SMILES string of the molecule is CCOC(=O)CCCSc1nc2ccccc2nc1C. The molecule has 106 valence electrons. The minimum absolute atomic E-state index is 0.130. The Morgan fingerprint density at radius 3 is 2.65 bits per heavy atom. The molecule has 2 rings (SSSR count). The van der Waals surface area contributed by atoms with Gasteiger partial charge in [-0.1, -0.05) is 12.1 Å². The van der Waals surface area contributed by atoms with Crippen LogP contribution in [0.5, 0.6) is 0 Å². The first-order chi connectivity index (χ1) is 9.70. The molecule has 0 spiro atoms. The van der Waals surface area contributed by atoms with Crippen molar-refractivity contribution < 1.29 is 9.53 Å². The third-order valence-electron chi connectivity index (χ3n) is 2.77. The second-order valence-corrected chi connectivity index (χ2v) is 5.44. The summed E-state index contributed by atoms with van der Waals surface area (Å²) in [5.41, 5.74) is 2.76. The molecule has 2 aromatic rings. The standard InChI is InChI=1S/C15H18N2O2S/c1-3-19-14(18)9-6-10-20-15-11(2)16-12-7-4-5-8-13(12)17-15/h4-5,7-8H,3,6,9-10H2,1-2H3. The van der Waals surface area contributed by atoms with Crippen LogP contribution in [0.1, 0.15) is 25.5 Å². The van der Waals surface area contributed by atoms with Crippen LogP contribution in [-0.4, -0.2) is 28.3 Å². The van der Waals surface area contributed by atoms with Crippen molar-refractivity contribution in [2.24, 2.45) is 0 Å². The Morgan fingerprint density at radius 2 is 1.95 bits per heavy atom. The molecular formula is C15H18N2O2S. The summed E-state index contributed by atoms with van der Waals surface area (Å²) in [6, 6.07) is 7.85. The maximum atomic E-state index is 11.2. The van der Waals surface area contributed by atoms with Crippen LogP contribution in [0.4, 0.5) is 0 Å². The van der Waals surface area contributed by atoms with E-state index >= 15 is 0 Å². The topological polar surface area (TPSA) is 52.1 Å². The number of rotatable bonds is 6. The van der Waals surface area contributed by atoms with Crippen molar-refractivity contribution in [1.29, 1.82) is 0 Å². The number of benzene rings is 1. The van der Waals surface area contributed by atoms with Gasteiger partial charge in [0, 0.05) is 12.2 Å². The van der Waals surface area contributed by atoms with Gasteiger partial charge >= 0.3 is 5.97 Å². The number of ether oxygens (including phenoxy) is 1. The number of esters is 1. The second-order valence-electron chi connectivity index (χ2n) is 4.36. The predicted octanol–water partition coefficient (Wildman–Crippen LogP) is 3.37. The Labute approximate surface area is 123 Å². The van der Waals surface area contributed by atoms with Gasteiger partial charge in [0.05, 0.1) is 23.3 Å². The van der Waals surface area contributed by atoms with E-state index in [1.165, 1.54) is 0 Å². The molecule has 0 unspecified atom stereocenters. The molecule has 4 nitrogen and oxygen atoms in total. The smallest absolute Gasteiger partial charge is 0.305 e. The molecule has 20 heavy (non-hydrogen) atoms. The maximum absolute atomic E-state index is 11.2. The second kappa shape index (κ2) is 7.24. The van der Waals surface area contributed by atoms with Gasteiger partial charge in [-0.15, -0.1) is 11.8 Å². The van der Waals surface area contributed by atoms with E-state index in [9.17, 15) is 4.79 Å². The zero-order valence-corrected chi connectivity index (χ0v) is 12.6. The van der Waals surface area contributed by atoms with Crippen molar-refractivity contribution in [3.63, 3.8) is 0 Å². The molecule has 0 saturated carbocycles. The van der Waals surface area contributed by atoms with Gasteiger partial charge in [-0.3, -0.25) is 4.79 Å². The number of carbonyl (C=O) groups is 1. The first-order valence-electron chi connectivity index (χ1n) is 6.72. The van der Waals surface area contributed by atoms with Crippen LogP contribution in [0.3, 0.4) is 0 Å². The minimum Gasteiger partial charge on any atom is -0.466 e. The first kappa shape index (κ1) is 14.8. The summed E-state index contributed by atoms with van der Waals surface area (Å²) < 4.78 is 4.90. The van der Waals surface area contributed by atoms with Gasteiger partial charge in [0.2, 0.25) is 0 Å². The lowest BCUT2D eigenvalue weighted by Crippen LogP contribution is -2.04. The third-order valence-corrected chi connectivity index (χ3v) is 3.92. The summed E-state index contributed by atoms with van der Waals surface area (Å²) in [6.45, 7) is 4.23. The van der Waals surface area contributed by atoms with Crippen molar-refractivity contribution in [2.45, 2.75) is 31.7 Å². The van der Waals surface area contributed by atoms with Crippen molar-refractivity contribution in [2.75, 3.05) is 12.4 Å². The zero-order valence-electron chi connectivity index (χ0n) is 11.8. The van der Waals surface area contributed by atoms with Crippen molar-refractivity contribution in [3.05, 3.63) is 30.0 Å². The van der Waals surface area contributed by atoms with Gasteiger partial charge < -0.3 is 4.74 Å². The summed E-state index contributed by atoms with van der Waals surface area (Å²) in [5.74, 6) is 0.710. The fraction of sp³-hybridized carbons (Fsp3) is 0.400. The van der Waals surface area contributed by atoms with Gasteiger partial charge in [0.15, 0.2) is 0 Å². The number of carbonyl (C=O) groups excluding carboxylic acids is 1. The Bertz CT molecular complexity index is 601. The molecule has 1 aromatic heterocycles. The number of aryl methyl sites for hydroxylation is 1. The fourth-order valence-electron chi connectivity index (χ4n) is 1.83. The first-order valence-corrected chi connectivity index (χ1v) is 7.71. The van der Waals surface area contributed by atoms with Crippen LogP contribution in [0.2, 0.25) is 0 Å². The number of thioether (sulfide) groups is 1. The third kappa shape index (κ3) is 3.93. The number of fused-ring (bicyclic) bond motifs is 1. The van der Waals surface area contributed by atoms with E-state index in [-0.39, 0.29) is 5.97 Å². The monoisotopic (exact) mass is 290 g/mol. The molecule has 0 aliphatic carbocycles. The van der Waals surface area contributed by atoms with E-state index in [4.69, 9.17) is 4.74 Å². The molecule has 0 bridgehead atoms. The van der Waals surface area contributed by atoms with Gasteiger partial charge in [0.1, 0.15) is 5.03 Å². The molecule has 1 aromatic carbocycles. The highest BCUT2D eigenvalue weighted by Gasteiger charge is 2.06. The van der Waals surface area contributed by atoms with Gasteiger partial charge in [-0.05, 0) is 32.4 Å². The maximum Gasteiger partial charge on any atom is 0.305 e. The highest BCUT2D eigenvalue weighted by molar-refractivity contribution is 7.99. The number of nitrogens with zero attached hydrogens (tertiary/aromatic N) is 2. The van der Waals surface area contributed by atoms with Crippen molar-refractivity contribution >= 4 is 28.8 Å². The van der Waals surface area contributed by atoms with E-state index in [1.54, 1.807) is 11.8 Å². The Kier molecular flexibility index (Phi) is 5.35. The van der Waals surface area contributed by atoms with Crippen LogP contribution in [0.25, 0.3) is 11.0 Å². The average molecular weight is 290 g/mol. The lowest BCUT2D eigenvalue weighted by molar-refractivity contribution is -0.143. The quantitative estimate of drug-likeness (QED) is 0.464. The van der Waals surface area contributed by atoms with Gasteiger partial charge in [-0.25, -0.2) is 9.97 Å². The van der Waals surface area contributed by atoms with Crippen molar-refractivity contribution in [3.8, 4) is 0 Å². The Morgan fingerprint density at radius 1 is 1.25 bits per heavy atom. The zero-order chi connectivity index (χ0) is 14.4. The highest BCUT2D eigenvalue weighted by atomic mass is 32.2. The largest absolute Gasteiger partial charge is 0.466 e. The molecule has 0 atom stereocenters. The molecule has 0 radical (unpaired) electrons. The fourth-order valence-corrected chi connectivity index (χ4v) is 2.73. The molecule has 5 heteroatoms. The predicted molar refractivity (Wildman–Crippen MR) is 80.9 cm³/mol. The Hall–Kier alpha value is -1.62. The summed E-state index contributed by atoms with van der Waals surface area (Å²) >= 11 is 1.64. The lowest BCUT2D eigenvalue weighted by Gasteiger charge is -2.06. The molecule has 0 aliphatic heterocycles. The van der Waals surface area contributed by atoms with Crippen LogP contribution >= 0.6 is 11.8 Å². The molecule has 0 saturated heterocycles. The summed E-state index contributed by atoms with van der Waals surface area (Å²) in [5, 5.41) is 0.938. The normalized spacial score (nSPS) is 10.7. The number of hydrogen-bond acceptors (Lipinski definition) is 5. The highest BCUT2D eigenvalue weighted by Crippen LogP contribution is 2.22. The van der Waals surface area contributed by atoms with E-state index < -0.39 is 0 Å². The van der Waals surface area contributed by atoms with E-state index in [2.05, 4.69) is 9.97 Å². The van der Waals surface area contributed by atoms with Gasteiger partial charge in [-0.2, -0.15) is 0 Å².